The molecule has 1 fully saturated rings. The smallest absolute Gasteiger partial charge is 0.141 e. The molecular formula is C10H19NO3. The van der Waals surface area contributed by atoms with Crippen molar-refractivity contribution in [1.29, 1.82) is 0 Å². The maximum atomic E-state index is 11.5. The van der Waals surface area contributed by atoms with Crippen LogP contribution in [0.3, 0.4) is 0 Å². The SMILES string of the molecule is COCCN(C)CC1COCCC1=O. The minimum absolute atomic E-state index is 0.0607. The van der Waals surface area contributed by atoms with E-state index in [0.29, 0.717) is 32.0 Å². The van der Waals surface area contributed by atoms with Gasteiger partial charge in [0, 0.05) is 26.6 Å². The Hall–Kier alpha value is -0.450. The molecule has 0 bridgehead atoms. The fraction of sp³-hybridized carbons (Fsp3) is 0.900. The number of hydrogen-bond acceptors (Lipinski definition) is 4. The number of ether oxygens (including phenoxy) is 2. The lowest BCUT2D eigenvalue weighted by atomic mass is 10.0. The van der Waals surface area contributed by atoms with E-state index in [-0.39, 0.29) is 5.92 Å². The number of carbonyl (C=O) groups excluding carboxylic acids is 1. The summed E-state index contributed by atoms with van der Waals surface area (Å²) in [4.78, 5) is 13.6. The van der Waals surface area contributed by atoms with Crippen molar-refractivity contribution in [2.75, 3.05) is 47.1 Å². The molecule has 0 spiro atoms. The molecule has 1 saturated heterocycles. The van der Waals surface area contributed by atoms with Gasteiger partial charge in [-0.1, -0.05) is 0 Å². The molecule has 0 aromatic heterocycles. The molecule has 4 nitrogen and oxygen atoms in total. The average Bonchev–Trinajstić information content (AvgIpc) is 2.18. The number of ketones is 1. The first kappa shape index (κ1) is 11.6. The third-order valence-corrected chi connectivity index (χ3v) is 2.48. The van der Waals surface area contributed by atoms with Crippen molar-refractivity contribution in [1.82, 2.24) is 4.90 Å². The predicted molar refractivity (Wildman–Crippen MR) is 53.3 cm³/mol. The van der Waals surface area contributed by atoms with Gasteiger partial charge in [0.05, 0.1) is 25.7 Å². The summed E-state index contributed by atoms with van der Waals surface area (Å²) in [6.07, 6.45) is 0.572. The molecule has 82 valence electrons. The summed E-state index contributed by atoms with van der Waals surface area (Å²) in [7, 11) is 3.68. The van der Waals surface area contributed by atoms with Gasteiger partial charge >= 0.3 is 0 Å². The van der Waals surface area contributed by atoms with Crippen LogP contribution in [0, 0.1) is 5.92 Å². The third-order valence-electron chi connectivity index (χ3n) is 2.48. The first-order valence-corrected chi connectivity index (χ1v) is 5.02. The second-order valence-corrected chi connectivity index (χ2v) is 3.74. The summed E-state index contributed by atoms with van der Waals surface area (Å²) in [5.41, 5.74) is 0. The summed E-state index contributed by atoms with van der Waals surface area (Å²) in [6, 6.07) is 0. The first-order valence-electron chi connectivity index (χ1n) is 5.02. The van der Waals surface area contributed by atoms with Crippen LogP contribution in [0.1, 0.15) is 6.42 Å². The minimum Gasteiger partial charge on any atom is -0.383 e. The van der Waals surface area contributed by atoms with Gasteiger partial charge in [-0.3, -0.25) is 4.79 Å². The average molecular weight is 201 g/mol. The van der Waals surface area contributed by atoms with Gasteiger partial charge in [0.25, 0.3) is 0 Å². The largest absolute Gasteiger partial charge is 0.383 e. The van der Waals surface area contributed by atoms with E-state index in [0.717, 1.165) is 13.1 Å². The molecule has 0 aliphatic carbocycles. The highest BCUT2D eigenvalue weighted by Gasteiger charge is 2.23. The standard InChI is InChI=1S/C10H19NO3/c1-11(4-6-13-2)7-9-8-14-5-3-10(9)12/h9H,3-8H2,1-2H3. The van der Waals surface area contributed by atoms with Crippen molar-refractivity contribution in [3.05, 3.63) is 0 Å². The highest BCUT2D eigenvalue weighted by molar-refractivity contribution is 5.81. The normalized spacial score (nSPS) is 23.1. The van der Waals surface area contributed by atoms with Crippen LogP contribution < -0.4 is 0 Å². The first-order chi connectivity index (χ1) is 6.74. The van der Waals surface area contributed by atoms with Gasteiger partial charge in [-0.15, -0.1) is 0 Å². The van der Waals surface area contributed by atoms with E-state index in [4.69, 9.17) is 9.47 Å². The van der Waals surface area contributed by atoms with E-state index >= 15 is 0 Å². The van der Waals surface area contributed by atoms with Crippen LogP contribution >= 0.6 is 0 Å². The third kappa shape index (κ3) is 3.74. The van der Waals surface area contributed by atoms with Crippen molar-refractivity contribution in [2.24, 2.45) is 5.92 Å². The molecule has 1 unspecified atom stereocenters. The Kier molecular flexibility index (Phi) is 5.07. The monoisotopic (exact) mass is 201 g/mol. The van der Waals surface area contributed by atoms with Gasteiger partial charge in [0.1, 0.15) is 5.78 Å². The fourth-order valence-corrected chi connectivity index (χ4v) is 1.56. The maximum Gasteiger partial charge on any atom is 0.141 e. The minimum atomic E-state index is 0.0607. The topological polar surface area (TPSA) is 38.8 Å². The van der Waals surface area contributed by atoms with Crippen LogP contribution in [0.2, 0.25) is 0 Å². The molecule has 0 aromatic rings. The van der Waals surface area contributed by atoms with Crippen molar-refractivity contribution < 1.29 is 14.3 Å². The Morgan fingerprint density at radius 2 is 2.43 bits per heavy atom. The molecule has 0 saturated carbocycles. The molecule has 0 radical (unpaired) electrons. The van der Waals surface area contributed by atoms with E-state index in [1.807, 2.05) is 7.05 Å². The van der Waals surface area contributed by atoms with Gasteiger partial charge in [-0.25, -0.2) is 0 Å². The molecule has 0 aromatic carbocycles. The molecule has 0 amide bonds. The maximum absolute atomic E-state index is 11.5. The lowest BCUT2D eigenvalue weighted by molar-refractivity contribution is -0.131. The molecule has 1 atom stereocenters. The van der Waals surface area contributed by atoms with Crippen molar-refractivity contribution in [3.8, 4) is 0 Å². The van der Waals surface area contributed by atoms with Crippen LogP contribution in [-0.4, -0.2) is 57.8 Å². The number of Topliss-reactive ketones (excluding diaryl/α,β-unsaturated/α-hetero) is 1. The van der Waals surface area contributed by atoms with Gasteiger partial charge in [0.2, 0.25) is 0 Å². The number of nitrogens with zero attached hydrogens (tertiary/aromatic N) is 1. The summed E-state index contributed by atoms with van der Waals surface area (Å²) in [5.74, 6) is 0.395. The van der Waals surface area contributed by atoms with Crippen molar-refractivity contribution >= 4 is 5.78 Å². The highest BCUT2D eigenvalue weighted by atomic mass is 16.5. The lowest BCUT2D eigenvalue weighted by Gasteiger charge is -2.25. The van der Waals surface area contributed by atoms with E-state index in [2.05, 4.69) is 4.90 Å². The van der Waals surface area contributed by atoms with E-state index < -0.39 is 0 Å². The second-order valence-electron chi connectivity index (χ2n) is 3.74. The molecular weight excluding hydrogens is 182 g/mol. The molecule has 14 heavy (non-hydrogen) atoms. The number of hydrogen-bond donors (Lipinski definition) is 0. The lowest BCUT2D eigenvalue weighted by Crippen LogP contribution is -2.38. The van der Waals surface area contributed by atoms with Gasteiger partial charge in [-0.2, -0.15) is 0 Å². The molecule has 1 aliphatic rings. The predicted octanol–water partition coefficient (Wildman–Crippen LogP) is 0.170. The highest BCUT2D eigenvalue weighted by Crippen LogP contribution is 2.10. The Labute approximate surface area is 85.2 Å². The zero-order valence-corrected chi connectivity index (χ0v) is 8.99. The van der Waals surface area contributed by atoms with Gasteiger partial charge in [0.15, 0.2) is 0 Å². The number of rotatable bonds is 5. The van der Waals surface area contributed by atoms with E-state index in [9.17, 15) is 4.79 Å². The Balaban J connectivity index is 2.23. The van der Waals surface area contributed by atoms with Crippen molar-refractivity contribution in [2.45, 2.75) is 6.42 Å². The number of methoxy groups -OCH3 is 1. The van der Waals surface area contributed by atoms with Crippen LogP contribution in [0.5, 0.6) is 0 Å². The Morgan fingerprint density at radius 3 is 3.07 bits per heavy atom. The van der Waals surface area contributed by atoms with Gasteiger partial charge < -0.3 is 14.4 Å². The number of carbonyl (C=O) groups is 1. The van der Waals surface area contributed by atoms with Crippen LogP contribution in [0.4, 0.5) is 0 Å². The number of likely N-dealkylation sites (N-methyl/N-ethyl adjacent to an activating group) is 1. The molecule has 0 N–H and O–H groups in total. The Morgan fingerprint density at radius 1 is 1.64 bits per heavy atom. The van der Waals surface area contributed by atoms with Gasteiger partial charge in [-0.05, 0) is 7.05 Å². The van der Waals surface area contributed by atoms with E-state index in [1.165, 1.54) is 0 Å². The van der Waals surface area contributed by atoms with Crippen molar-refractivity contribution in [3.63, 3.8) is 0 Å². The molecule has 1 aliphatic heterocycles. The van der Waals surface area contributed by atoms with Crippen LogP contribution in [0.15, 0.2) is 0 Å². The summed E-state index contributed by atoms with van der Waals surface area (Å²) in [6.45, 7) is 3.52. The fourth-order valence-electron chi connectivity index (χ4n) is 1.56. The van der Waals surface area contributed by atoms with Crippen LogP contribution in [-0.2, 0) is 14.3 Å². The molecule has 1 heterocycles. The Bertz CT molecular complexity index is 184. The zero-order valence-electron chi connectivity index (χ0n) is 8.99. The quantitative estimate of drug-likeness (QED) is 0.635. The molecule has 1 rings (SSSR count). The van der Waals surface area contributed by atoms with Crippen LogP contribution in [0.25, 0.3) is 0 Å². The summed E-state index contributed by atoms with van der Waals surface area (Å²) in [5, 5.41) is 0. The summed E-state index contributed by atoms with van der Waals surface area (Å²) >= 11 is 0. The molecule has 4 heteroatoms. The second kappa shape index (κ2) is 6.11. The van der Waals surface area contributed by atoms with E-state index in [1.54, 1.807) is 7.11 Å². The summed E-state index contributed by atoms with van der Waals surface area (Å²) < 4.78 is 10.2. The zero-order chi connectivity index (χ0) is 10.4.